The number of hydrogen-bond donors (Lipinski definition) is 1. The Morgan fingerprint density at radius 1 is 1.56 bits per heavy atom. The normalized spacial score (nSPS) is 17.3. The Balaban J connectivity index is 1.96. The lowest BCUT2D eigenvalue weighted by atomic mass is 10.2. The van der Waals surface area contributed by atoms with Gasteiger partial charge >= 0.3 is 0 Å². The number of nitrogens with one attached hydrogen (secondary N) is 1. The van der Waals surface area contributed by atoms with Gasteiger partial charge in [0.25, 0.3) is 0 Å². The summed E-state index contributed by atoms with van der Waals surface area (Å²) in [6, 6.07) is -0.300. The molecule has 1 saturated heterocycles. The molecular formula is C11H15IN4O2. The van der Waals surface area contributed by atoms with Crippen LogP contribution in [0.4, 0.5) is 5.82 Å². The number of hydrogen-bond acceptors (Lipinski definition) is 5. The predicted octanol–water partition coefficient (Wildman–Crippen LogP) is 0.740. The molecule has 0 spiro atoms. The van der Waals surface area contributed by atoms with Gasteiger partial charge in [-0.2, -0.15) is 0 Å². The van der Waals surface area contributed by atoms with Gasteiger partial charge in [0.2, 0.25) is 5.91 Å². The van der Waals surface area contributed by atoms with E-state index in [1.54, 1.807) is 6.20 Å². The molecule has 1 aliphatic rings. The molecule has 7 heteroatoms. The SMILES string of the molecule is CC(Nc1ncncc1I)C(=O)N1CCOCC1. The van der Waals surface area contributed by atoms with Crippen LogP contribution in [0, 0.1) is 3.57 Å². The number of rotatable bonds is 3. The molecule has 1 N–H and O–H groups in total. The van der Waals surface area contributed by atoms with E-state index in [9.17, 15) is 4.79 Å². The number of anilines is 1. The van der Waals surface area contributed by atoms with Crippen LogP contribution in [-0.2, 0) is 9.53 Å². The summed E-state index contributed by atoms with van der Waals surface area (Å²) in [7, 11) is 0. The molecule has 1 fully saturated rings. The van der Waals surface area contributed by atoms with Crippen molar-refractivity contribution in [3.8, 4) is 0 Å². The first kappa shape index (κ1) is 13.5. The van der Waals surface area contributed by atoms with Crippen molar-refractivity contribution in [2.45, 2.75) is 13.0 Å². The van der Waals surface area contributed by atoms with Crippen LogP contribution in [0.25, 0.3) is 0 Å². The van der Waals surface area contributed by atoms with Crippen LogP contribution in [-0.4, -0.2) is 53.1 Å². The van der Waals surface area contributed by atoms with Gasteiger partial charge < -0.3 is 15.0 Å². The second kappa shape index (κ2) is 6.28. The molecule has 0 saturated carbocycles. The minimum atomic E-state index is -0.300. The number of carbonyl (C=O) groups excluding carboxylic acids is 1. The zero-order valence-electron chi connectivity index (χ0n) is 10.1. The van der Waals surface area contributed by atoms with Crippen molar-refractivity contribution in [2.75, 3.05) is 31.6 Å². The first-order valence-electron chi connectivity index (χ1n) is 5.77. The van der Waals surface area contributed by atoms with Crippen molar-refractivity contribution in [2.24, 2.45) is 0 Å². The van der Waals surface area contributed by atoms with E-state index in [0.717, 1.165) is 3.57 Å². The van der Waals surface area contributed by atoms with Crippen molar-refractivity contribution in [3.63, 3.8) is 0 Å². The highest BCUT2D eigenvalue weighted by molar-refractivity contribution is 14.1. The Bertz CT molecular complexity index is 423. The molecule has 98 valence electrons. The van der Waals surface area contributed by atoms with E-state index in [0.29, 0.717) is 32.1 Å². The molecule has 1 unspecified atom stereocenters. The Labute approximate surface area is 119 Å². The van der Waals surface area contributed by atoms with E-state index in [-0.39, 0.29) is 11.9 Å². The smallest absolute Gasteiger partial charge is 0.244 e. The van der Waals surface area contributed by atoms with Crippen LogP contribution >= 0.6 is 22.6 Å². The Hall–Kier alpha value is -0.960. The first-order chi connectivity index (χ1) is 8.68. The van der Waals surface area contributed by atoms with E-state index in [4.69, 9.17) is 4.74 Å². The molecule has 1 aromatic heterocycles. The topological polar surface area (TPSA) is 67.4 Å². The van der Waals surface area contributed by atoms with E-state index < -0.39 is 0 Å². The van der Waals surface area contributed by atoms with Crippen LogP contribution in [0.3, 0.4) is 0 Å². The summed E-state index contributed by atoms with van der Waals surface area (Å²) in [6.45, 7) is 4.39. The molecule has 2 heterocycles. The summed E-state index contributed by atoms with van der Waals surface area (Å²) < 4.78 is 6.13. The third-order valence-corrected chi connectivity index (χ3v) is 3.50. The lowest BCUT2D eigenvalue weighted by Gasteiger charge is -2.29. The van der Waals surface area contributed by atoms with Crippen molar-refractivity contribution in [3.05, 3.63) is 16.1 Å². The molecule has 0 bridgehead atoms. The third-order valence-electron chi connectivity index (χ3n) is 2.71. The van der Waals surface area contributed by atoms with Crippen molar-refractivity contribution >= 4 is 34.3 Å². The average Bonchev–Trinajstić information content (AvgIpc) is 2.41. The van der Waals surface area contributed by atoms with Gasteiger partial charge in [-0.05, 0) is 29.5 Å². The van der Waals surface area contributed by atoms with Crippen LogP contribution in [0.5, 0.6) is 0 Å². The second-order valence-corrected chi connectivity index (χ2v) is 5.19. The van der Waals surface area contributed by atoms with Gasteiger partial charge in [-0.1, -0.05) is 0 Å². The molecular weight excluding hydrogens is 347 g/mol. The summed E-state index contributed by atoms with van der Waals surface area (Å²) in [5.74, 6) is 0.771. The number of morpholine rings is 1. The zero-order chi connectivity index (χ0) is 13.0. The third kappa shape index (κ3) is 3.29. The van der Waals surface area contributed by atoms with Gasteiger partial charge in [0, 0.05) is 19.3 Å². The lowest BCUT2D eigenvalue weighted by molar-refractivity contribution is -0.135. The monoisotopic (exact) mass is 362 g/mol. The number of nitrogens with zero attached hydrogens (tertiary/aromatic N) is 3. The summed E-state index contributed by atoms with van der Waals surface area (Å²) in [4.78, 5) is 22.0. The van der Waals surface area contributed by atoms with E-state index >= 15 is 0 Å². The Morgan fingerprint density at radius 3 is 2.94 bits per heavy atom. The standard InChI is InChI=1S/C11H15IN4O2/c1-8(11(17)16-2-4-18-5-3-16)15-10-9(12)6-13-7-14-10/h6-8H,2-5H2,1H3,(H,13,14,15). The second-order valence-electron chi connectivity index (χ2n) is 4.02. The van der Waals surface area contributed by atoms with E-state index in [1.165, 1.54) is 6.33 Å². The molecule has 6 nitrogen and oxygen atoms in total. The average molecular weight is 362 g/mol. The predicted molar refractivity (Wildman–Crippen MR) is 75.2 cm³/mol. The highest BCUT2D eigenvalue weighted by Gasteiger charge is 2.22. The van der Waals surface area contributed by atoms with Crippen LogP contribution in [0.15, 0.2) is 12.5 Å². The maximum atomic E-state index is 12.2. The van der Waals surface area contributed by atoms with Gasteiger partial charge in [-0.25, -0.2) is 9.97 Å². The van der Waals surface area contributed by atoms with Gasteiger partial charge in [-0.15, -0.1) is 0 Å². The number of halogens is 1. The van der Waals surface area contributed by atoms with Crippen LogP contribution in [0.2, 0.25) is 0 Å². The zero-order valence-corrected chi connectivity index (χ0v) is 12.3. The summed E-state index contributed by atoms with van der Waals surface area (Å²) >= 11 is 2.14. The summed E-state index contributed by atoms with van der Waals surface area (Å²) in [5.41, 5.74) is 0. The molecule has 1 amide bonds. The van der Waals surface area contributed by atoms with Gasteiger partial charge in [0.15, 0.2) is 0 Å². The molecule has 2 rings (SSSR count). The van der Waals surface area contributed by atoms with Crippen LogP contribution < -0.4 is 5.32 Å². The van der Waals surface area contributed by atoms with Crippen molar-refractivity contribution < 1.29 is 9.53 Å². The maximum Gasteiger partial charge on any atom is 0.244 e. The number of carbonyl (C=O) groups is 1. The van der Waals surface area contributed by atoms with Gasteiger partial charge in [0.1, 0.15) is 18.2 Å². The summed E-state index contributed by atoms with van der Waals surface area (Å²) in [5, 5.41) is 3.12. The fourth-order valence-corrected chi connectivity index (χ4v) is 2.20. The minimum absolute atomic E-state index is 0.0766. The first-order valence-corrected chi connectivity index (χ1v) is 6.85. The molecule has 1 atom stereocenters. The fourth-order valence-electron chi connectivity index (χ4n) is 1.74. The van der Waals surface area contributed by atoms with E-state index in [2.05, 4.69) is 37.9 Å². The number of aromatic nitrogens is 2. The summed E-state index contributed by atoms with van der Waals surface area (Å²) in [6.07, 6.45) is 3.18. The lowest BCUT2D eigenvalue weighted by Crippen LogP contribution is -2.47. The maximum absolute atomic E-state index is 12.2. The molecule has 18 heavy (non-hydrogen) atoms. The Kier molecular flexibility index (Phi) is 4.70. The van der Waals surface area contributed by atoms with Gasteiger partial charge in [0.05, 0.1) is 16.8 Å². The largest absolute Gasteiger partial charge is 0.378 e. The van der Waals surface area contributed by atoms with Gasteiger partial charge in [-0.3, -0.25) is 4.79 Å². The Morgan fingerprint density at radius 2 is 2.28 bits per heavy atom. The van der Waals surface area contributed by atoms with Crippen molar-refractivity contribution in [1.29, 1.82) is 0 Å². The minimum Gasteiger partial charge on any atom is -0.378 e. The highest BCUT2D eigenvalue weighted by Crippen LogP contribution is 2.14. The number of ether oxygens (including phenoxy) is 1. The molecule has 1 aliphatic heterocycles. The molecule has 1 aromatic rings. The molecule has 0 radical (unpaired) electrons. The fraction of sp³-hybridized carbons (Fsp3) is 0.545. The number of amides is 1. The van der Waals surface area contributed by atoms with E-state index in [1.807, 2.05) is 11.8 Å². The quantitative estimate of drug-likeness (QED) is 0.804. The molecule has 0 aliphatic carbocycles. The van der Waals surface area contributed by atoms with Crippen LogP contribution in [0.1, 0.15) is 6.92 Å². The van der Waals surface area contributed by atoms with Crippen molar-refractivity contribution in [1.82, 2.24) is 14.9 Å². The highest BCUT2D eigenvalue weighted by atomic mass is 127. The molecule has 0 aromatic carbocycles.